The maximum atomic E-state index is 14.1. The lowest BCUT2D eigenvalue weighted by molar-refractivity contribution is -0.137. The van der Waals surface area contributed by atoms with Crippen LogP contribution in [0.25, 0.3) is 0 Å². The van der Waals surface area contributed by atoms with Crippen molar-refractivity contribution in [3.05, 3.63) is 92.4 Å². The Bertz CT molecular complexity index is 2170. The van der Waals surface area contributed by atoms with Gasteiger partial charge in [-0.1, -0.05) is 35.2 Å². The van der Waals surface area contributed by atoms with Crippen molar-refractivity contribution in [2.75, 3.05) is 16.8 Å². The van der Waals surface area contributed by atoms with Crippen LogP contribution in [0.4, 0.5) is 24.5 Å². The molecule has 2 aliphatic heterocycles. The van der Waals surface area contributed by atoms with Crippen molar-refractivity contribution in [2.24, 2.45) is 11.1 Å². The molecule has 49 heavy (non-hydrogen) atoms. The summed E-state index contributed by atoms with van der Waals surface area (Å²) in [4.78, 5) is 54.8. The van der Waals surface area contributed by atoms with E-state index in [1.807, 2.05) is 0 Å². The molecule has 6 rings (SSSR count). The number of anilines is 2. The highest BCUT2D eigenvalue weighted by atomic mass is 32.2. The molecule has 0 aliphatic carbocycles. The Kier molecular flexibility index (Phi) is 8.85. The molecule has 2 aliphatic rings. The second kappa shape index (κ2) is 12.7. The molecular formula is C31H25F3N4O8S3. The minimum Gasteiger partial charge on any atom is -0.504 e. The molecule has 3 amide bonds. The molecule has 1 fully saturated rings. The molecule has 0 radical (unpaired) electrons. The van der Waals surface area contributed by atoms with Crippen LogP contribution in [0, 0.1) is 5.92 Å². The number of aromatic hydroxyl groups is 1. The number of aromatic nitrogens is 1. The summed E-state index contributed by atoms with van der Waals surface area (Å²) in [6, 6.07) is 13.2. The number of sulfonamides is 1. The third-order valence-corrected chi connectivity index (χ3v) is 11.4. The molecule has 4 N–H and O–H groups in total. The number of amides is 3. The highest BCUT2D eigenvalue weighted by molar-refractivity contribution is 8.00. The van der Waals surface area contributed by atoms with Crippen molar-refractivity contribution < 1.29 is 45.8 Å². The van der Waals surface area contributed by atoms with Crippen LogP contribution in [0.15, 0.2) is 81.4 Å². The highest BCUT2D eigenvalue weighted by Crippen LogP contribution is 2.54. The lowest BCUT2D eigenvalue weighted by Gasteiger charge is -2.31. The van der Waals surface area contributed by atoms with Crippen molar-refractivity contribution in [3.63, 3.8) is 0 Å². The van der Waals surface area contributed by atoms with E-state index in [0.29, 0.717) is 21.4 Å². The standard InChI is InChI=1S/C31H25F3N4O8S3/c1-2-46-21-12-15(6-11-20(21)39)23-24-25(28(42)38(27(24)41)18-5-3-4-16(13-18)31(32,33)34)47-29-26(23)48-30(43)37(29)14-22(40)36-17-7-9-19(10-8-17)49(35,44)45/h3-13,23-25,39H,2,14H2,1H3,(H,36,40)(H2,35,44,45). The molecule has 0 saturated carbocycles. The van der Waals surface area contributed by atoms with Gasteiger partial charge < -0.3 is 15.2 Å². The number of hydrogen-bond donors (Lipinski definition) is 3. The molecule has 0 bridgehead atoms. The average Bonchev–Trinajstić information content (AvgIpc) is 3.47. The summed E-state index contributed by atoms with van der Waals surface area (Å²) in [5, 5.41) is 17.1. The van der Waals surface area contributed by atoms with E-state index in [1.54, 1.807) is 6.92 Å². The lowest BCUT2D eigenvalue weighted by atomic mass is 9.83. The van der Waals surface area contributed by atoms with Gasteiger partial charge >= 0.3 is 11.0 Å². The number of alkyl halides is 3. The van der Waals surface area contributed by atoms with E-state index in [0.717, 1.165) is 39.8 Å². The number of nitrogens with zero attached hydrogens (tertiary/aromatic N) is 2. The summed E-state index contributed by atoms with van der Waals surface area (Å²) >= 11 is 1.61. The van der Waals surface area contributed by atoms with Crippen LogP contribution in [0.5, 0.6) is 11.5 Å². The number of halogens is 3. The van der Waals surface area contributed by atoms with Crippen LogP contribution in [-0.2, 0) is 37.1 Å². The third kappa shape index (κ3) is 6.43. The molecule has 3 unspecified atom stereocenters. The Labute approximate surface area is 284 Å². The van der Waals surface area contributed by atoms with E-state index in [9.17, 15) is 45.9 Å². The Morgan fingerprint density at radius 2 is 1.76 bits per heavy atom. The zero-order valence-corrected chi connectivity index (χ0v) is 27.6. The number of fused-ring (bicyclic) bond motifs is 2. The number of nitrogens with one attached hydrogen (secondary N) is 1. The largest absolute Gasteiger partial charge is 0.504 e. The first-order chi connectivity index (χ1) is 23.1. The monoisotopic (exact) mass is 734 g/mol. The van der Waals surface area contributed by atoms with E-state index < -0.39 is 68.0 Å². The van der Waals surface area contributed by atoms with E-state index in [2.05, 4.69) is 5.32 Å². The first kappa shape index (κ1) is 34.2. The number of imide groups is 1. The van der Waals surface area contributed by atoms with Gasteiger partial charge in [-0.2, -0.15) is 13.2 Å². The lowest BCUT2D eigenvalue weighted by Crippen LogP contribution is -2.33. The van der Waals surface area contributed by atoms with Crippen LogP contribution in [0.2, 0.25) is 0 Å². The molecule has 12 nitrogen and oxygen atoms in total. The molecule has 3 aromatic carbocycles. The first-order valence-electron chi connectivity index (χ1n) is 14.4. The Hall–Kier alpha value is -4.65. The number of phenolic OH excluding ortho intramolecular Hbond substituents is 1. The fourth-order valence-corrected chi connectivity index (χ4v) is 9.05. The summed E-state index contributed by atoms with van der Waals surface area (Å²) in [5.41, 5.74) is -0.727. The number of primary sulfonamides is 1. The van der Waals surface area contributed by atoms with E-state index in [1.165, 1.54) is 48.5 Å². The van der Waals surface area contributed by atoms with Crippen molar-refractivity contribution >= 4 is 62.2 Å². The number of ether oxygens (including phenoxy) is 1. The first-order valence-corrected chi connectivity index (χ1v) is 17.7. The number of hydrogen-bond acceptors (Lipinski definition) is 10. The number of thiazole rings is 1. The van der Waals surface area contributed by atoms with Gasteiger partial charge in [0.1, 0.15) is 11.8 Å². The second-order valence-electron chi connectivity index (χ2n) is 11.0. The van der Waals surface area contributed by atoms with Crippen LogP contribution in [-0.4, -0.2) is 47.7 Å². The average molecular weight is 735 g/mol. The Balaban J connectivity index is 1.40. The summed E-state index contributed by atoms with van der Waals surface area (Å²) in [7, 11) is -3.97. The molecule has 256 valence electrons. The zero-order valence-electron chi connectivity index (χ0n) is 25.1. The molecule has 1 saturated heterocycles. The van der Waals surface area contributed by atoms with Gasteiger partial charge in [0.05, 0.1) is 33.7 Å². The molecule has 18 heteroatoms. The van der Waals surface area contributed by atoms with Crippen LogP contribution >= 0.6 is 23.1 Å². The van der Waals surface area contributed by atoms with Gasteiger partial charge in [-0.3, -0.25) is 23.7 Å². The van der Waals surface area contributed by atoms with Gasteiger partial charge in [-0.15, -0.1) is 0 Å². The van der Waals surface area contributed by atoms with Gasteiger partial charge in [0, 0.05) is 16.5 Å². The highest BCUT2D eigenvalue weighted by Gasteiger charge is 2.57. The number of rotatable bonds is 8. The SMILES string of the molecule is CCOc1cc(C2c3sc(=O)n(CC(=O)Nc4ccc(S(N)(=O)=O)cc4)c3SC3C(=O)N(c4cccc(C(F)(F)F)c4)C(=O)C32)ccc1O. The van der Waals surface area contributed by atoms with Gasteiger partial charge in [0.2, 0.25) is 27.7 Å². The number of carbonyl (C=O) groups excluding carboxylic acids is 3. The van der Waals surface area contributed by atoms with Crippen molar-refractivity contribution in [3.8, 4) is 11.5 Å². The maximum Gasteiger partial charge on any atom is 0.416 e. The van der Waals surface area contributed by atoms with Crippen LogP contribution < -0.4 is 25.0 Å². The summed E-state index contributed by atoms with van der Waals surface area (Å²) in [6.07, 6.45) is -4.74. The van der Waals surface area contributed by atoms with Crippen molar-refractivity contribution in [1.29, 1.82) is 0 Å². The molecular weight excluding hydrogens is 710 g/mol. The van der Waals surface area contributed by atoms with Gasteiger partial charge in [0.25, 0.3) is 0 Å². The quantitative estimate of drug-likeness (QED) is 0.225. The van der Waals surface area contributed by atoms with Gasteiger partial charge in [0.15, 0.2) is 11.5 Å². The Morgan fingerprint density at radius 3 is 2.41 bits per heavy atom. The topological polar surface area (TPSA) is 178 Å². The van der Waals surface area contributed by atoms with E-state index in [-0.39, 0.29) is 39.4 Å². The van der Waals surface area contributed by atoms with E-state index >= 15 is 0 Å². The summed E-state index contributed by atoms with van der Waals surface area (Å²) in [5.74, 6) is -4.54. The fraction of sp³-hybridized carbons (Fsp3) is 0.226. The molecule has 3 heterocycles. The smallest absolute Gasteiger partial charge is 0.416 e. The Morgan fingerprint density at radius 1 is 1.04 bits per heavy atom. The van der Waals surface area contributed by atoms with Gasteiger partial charge in [-0.25, -0.2) is 18.5 Å². The number of benzene rings is 3. The van der Waals surface area contributed by atoms with Gasteiger partial charge in [-0.05, 0) is 67.1 Å². The normalized spacial score (nSPS) is 19.0. The molecule has 3 atom stereocenters. The minimum atomic E-state index is -4.74. The maximum absolute atomic E-state index is 14.1. The number of nitrogens with two attached hydrogens (primary N) is 1. The zero-order chi connectivity index (χ0) is 35.4. The minimum absolute atomic E-state index is 0.0717. The summed E-state index contributed by atoms with van der Waals surface area (Å²) in [6.45, 7) is 1.34. The molecule has 1 aromatic heterocycles. The molecule has 4 aromatic rings. The van der Waals surface area contributed by atoms with Crippen LogP contribution in [0.1, 0.15) is 28.8 Å². The summed E-state index contributed by atoms with van der Waals surface area (Å²) < 4.78 is 70.5. The van der Waals surface area contributed by atoms with Crippen molar-refractivity contribution in [2.45, 2.75) is 40.7 Å². The predicted octanol–water partition coefficient (Wildman–Crippen LogP) is 4.11. The van der Waals surface area contributed by atoms with Crippen molar-refractivity contribution in [1.82, 2.24) is 4.57 Å². The number of phenols is 1. The predicted molar refractivity (Wildman–Crippen MR) is 173 cm³/mol. The van der Waals surface area contributed by atoms with Crippen LogP contribution in [0.3, 0.4) is 0 Å². The second-order valence-corrected chi connectivity index (χ2v) is 14.7. The third-order valence-electron chi connectivity index (χ3n) is 7.89. The number of thioether (sulfide) groups is 1. The molecule has 0 spiro atoms. The fourth-order valence-electron chi connectivity index (χ4n) is 5.76. The number of carbonyl (C=O) groups is 3. The van der Waals surface area contributed by atoms with E-state index in [4.69, 9.17) is 9.88 Å².